The normalized spacial score (nSPS) is 9.80. The van der Waals surface area contributed by atoms with Crippen LogP contribution in [0, 0.1) is 6.92 Å². The first-order valence-corrected chi connectivity index (χ1v) is 3.95. The van der Waals surface area contributed by atoms with Gasteiger partial charge in [0.15, 0.2) is 5.82 Å². The highest BCUT2D eigenvalue weighted by atomic mass is 32.2. The lowest BCUT2D eigenvalue weighted by molar-refractivity contribution is 0.748. The fourth-order valence-corrected chi connectivity index (χ4v) is 1.11. The quantitative estimate of drug-likeness (QED) is 0.469. The van der Waals surface area contributed by atoms with Gasteiger partial charge in [0.1, 0.15) is 0 Å². The standard InChI is InChI=1S/C5H8N4S/c1-4-7-8-5(10-3)9(4)6-2/h2H2,1,3H3. The number of hydrogen-bond acceptors (Lipinski definition) is 4. The SMILES string of the molecule is C=Nn1c(C)nnc1SC. The predicted octanol–water partition coefficient (Wildman–Crippen LogP) is 0.772. The summed E-state index contributed by atoms with van der Waals surface area (Å²) in [5.41, 5.74) is 0. The van der Waals surface area contributed by atoms with Crippen LogP contribution < -0.4 is 0 Å². The number of hydrogen-bond donors (Lipinski definition) is 0. The highest BCUT2D eigenvalue weighted by molar-refractivity contribution is 7.98. The third kappa shape index (κ3) is 1.04. The van der Waals surface area contributed by atoms with E-state index in [0.717, 1.165) is 11.0 Å². The zero-order valence-corrected chi connectivity index (χ0v) is 6.72. The second kappa shape index (κ2) is 2.83. The van der Waals surface area contributed by atoms with Crippen LogP contribution in [0.15, 0.2) is 10.3 Å². The van der Waals surface area contributed by atoms with Crippen LogP contribution in [0.25, 0.3) is 0 Å². The Labute approximate surface area is 63.3 Å². The van der Waals surface area contributed by atoms with Crippen molar-refractivity contribution in [2.45, 2.75) is 12.1 Å². The van der Waals surface area contributed by atoms with Crippen LogP contribution in [0.3, 0.4) is 0 Å². The molecule has 1 aromatic rings. The smallest absolute Gasteiger partial charge is 0.192 e. The topological polar surface area (TPSA) is 43.1 Å². The van der Waals surface area contributed by atoms with E-state index < -0.39 is 0 Å². The second-order valence-corrected chi connectivity index (χ2v) is 2.46. The third-order valence-corrected chi connectivity index (χ3v) is 1.71. The second-order valence-electron chi connectivity index (χ2n) is 1.69. The van der Waals surface area contributed by atoms with Crippen LogP contribution >= 0.6 is 11.8 Å². The molecule has 0 bridgehead atoms. The van der Waals surface area contributed by atoms with Crippen molar-refractivity contribution in [3.63, 3.8) is 0 Å². The Morgan fingerprint density at radius 1 is 1.60 bits per heavy atom. The summed E-state index contributed by atoms with van der Waals surface area (Å²) in [5.74, 6) is 0.763. The van der Waals surface area contributed by atoms with Crippen molar-refractivity contribution >= 4 is 18.5 Å². The average molecular weight is 156 g/mol. The average Bonchev–Trinajstić information content (AvgIpc) is 2.30. The number of thioether (sulfide) groups is 1. The van der Waals surface area contributed by atoms with Gasteiger partial charge in [-0.05, 0) is 13.2 Å². The summed E-state index contributed by atoms with van der Waals surface area (Å²) >= 11 is 1.50. The molecule has 0 spiro atoms. The lowest BCUT2D eigenvalue weighted by Gasteiger charge is -1.94. The van der Waals surface area contributed by atoms with Gasteiger partial charge in [-0.1, -0.05) is 11.8 Å². The fraction of sp³-hybridized carbons (Fsp3) is 0.400. The summed E-state index contributed by atoms with van der Waals surface area (Å²) in [6.07, 6.45) is 1.92. The van der Waals surface area contributed by atoms with Crippen molar-refractivity contribution in [1.82, 2.24) is 14.9 Å². The molecule has 0 radical (unpaired) electrons. The Hall–Kier alpha value is -0.840. The van der Waals surface area contributed by atoms with E-state index in [4.69, 9.17) is 0 Å². The van der Waals surface area contributed by atoms with Crippen LogP contribution in [0.5, 0.6) is 0 Å². The molecule has 0 saturated carbocycles. The minimum Gasteiger partial charge on any atom is -0.192 e. The van der Waals surface area contributed by atoms with Crippen molar-refractivity contribution < 1.29 is 0 Å². The highest BCUT2D eigenvalue weighted by Crippen LogP contribution is 2.11. The number of rotatable bonds is 2. The van der Waals surface area contributed by atoms with E-state index in [1.165, 1.54) is 11.8 Å². The molecule has 0 aliphatic rings. The molecule has 5 heteroatoms. The van der Waals surface area contributed by atoms with Crippen LogP contribution in [0.4, 0.5) is 0 Å². The molecule has 1 aromatic heterocycles. The van der Waals surface area contributed by atoms with Gasteiger partial charge in [-0.3, -0.25) is 0 Å². The van der Waals surface area contributed by atoms with Gasteiger partial charge in [0.05, 0.1) is 0 Å². The zero-order chi connectivity index (χ0) is 7.56. The molecule has 10 heavy (non-hydrogen) atoms. The first-order valence-electron chi connectivity index (χ1n) is 2.72. The molecule has 0 atom stereocenters. The first-order chi connectivity index (χ1) is 4.79. The van der Waals surface area contributed by atoms with Gasteiger partial charge in [0, 0.05) is 6.72 Å². The van der Waals surface area contributed by atoms with Gasteiger partial charge in [-0.25, -0.2) is 0 Å². The Kier molecular flexibility index (Phi) is 2.06. The Bertz CT molecular complexity index is 242. The molecule has 0 saturated heterocycles. The third-order valence-electron chi connectivity index (χ3n) is 1.09. The van der Waals surface area contributed by atoms with Crippen molar-refractivity contribution in [3.05, 3.63) is 5.82 Å². The molecule has 0 fully saturated rings. The van der Waals surface area contributed by atoms with Gasteiger partial charge in [-0.2, -0.15) is 9.78 Å². The van der Waals surface area contributed by atoms with E-state index in [2.05, 4.69) is 22.0 Å². The van der Waals surface area contributed by atoms with Gasteiger partial charge >= 0.3 is 0 Å². The largest absolute Gasteiger partial charge is 0.211 e. The molecule has 0 aliphatic heterocycles. The molecule has 4 nitrogen and oxygen atoms in total. The summed E-state index contributed by atoms with van der Waals surface area (Å²) in [6, 6.07) is 0. The molecule has 1 heterocycles. The summed E-state index contributed by atoms with van der Waals surface area (Å²) in [7, 11) is 0. The minimum atomic E-state index is 0.763. The zero-order valence-electron chi connectivity index (χ0n) is 5.90. The Balaban J connectivity index is 3.12. The van der Waals surface area contributed by atoms with Gasteiger partial charge in [-0.15, -0.1) is 10.2 Å². The van der Waals surface area contributed by atoms with Crippen LogP contribution in [0.1, 0.15) is 5.82 Å². The predicted molar refractivity (Wildman–Crippen MR) is 41.5 cm³/mol. The molecule has 0 N–H and O–H groups in total. The minimum absolute atomic E-state index is 0.763. The molecule has 1 rings (SSSR count). The van der Waals surface area contributed by atoms with Crippen LogP contribution in [-0.4, -0.2) is 27.8 Å². The summed E-state index contributed by atoms with van der Waals surface area (Å²) in [6.45, 7) is 5.23. The number of aryl methyl sites for hydroxylation is 1. The first kappa shape index (κ1) is 7.27. The molecular formula is C5H8N4S. The molecule has 54 valence electrons. The maximum absolute atomic E-state index is 3.85. The van der Waals surface area contributed by atoms with Gasteiger partial charge in [0.25, 0.3) is 0 Å². The van der Waals surface area contributed by atoms with Crippen molar-refractivity contribution in [3.8, 4) is 0 Å². The van der Waals surface area contributed by atoms with E-state index in [1.54, 1.807) is 4.68 Å². The van der Waals surface area contributed by atoms with Crippen molar-refractivity contribution in [2.75, 3.05) is 6.26 Å². The van der Waals surface area contributed by atoms with E-state index >= 15 is 0 Å². The van der Waals surface area contributed by atoms with Gasteiger partial charge in [0.2, 0.25) is 5.16 Å². The van der Waals surface area contributed by atoms with E-state index in [-0.39, 0.29) is 0 Å². The molecular weight excluding hydrogens is 148 g/mol. The molecule has 0 aliphatic carbocycles. The summed E-state index contributed by atoms with van der Waals surface area (Å²) in [5, 5.41) is 12.2. The number of nitrogens with zero attached hydrogens (tertiary/aromatic N) is 4. The van der Waals surface area contributed by atoms with E-state index in [0.29, 0.717) is 0 Å². The Morgan fingerprint density at radius 2 is 2.30 bits per heavy atom. The van der Waals surface area contributed by atoms with E-state index in [9.17, 15) is 0 Å². The van der Waals surface area contributed by atoms with Crippen molar-refractivity contribution in [2.24, 2.45) is 5.10 Å². The molecule has 0 amide bonds. The lowest BCUT2D eigenvalue weighted by atomic mass is 10.7. The maximum Gasteiger partial charge on any atom is 0.211 e. The molecule has 0 unspecified atom stereocenters. The van der Waals surface area contributed by atoms with Crippen LogP contribution in [-0.2, 0) is 0 Å². The molecule has 0 aromatic carbocycles. The monoisotopic (exact) mass is 156 g/mol. The summed E-state index contributed by atoms with van der Waals surface area (Å²) in [4.78, 5) is 0. The summed E-state index contributed by atoms with van der Waals surface area (Å²) < 4.78 is 1.60. The van der Waals surface area contributed by atoms with Crippen molar-refractivity contribution in [1.29, 1.82) is 0 Å². The maximum atomic E-state index is 3.85. The lowest BCUT2D eigenvalue weighted by Crippen LogP contribution is -1.91. The van der Waals surface area contributed by atoms with Gasteiger partial charge < -0.3 is 0 Å². The fourth-order valence-electron chi connectivity index (χ4n) is 0.628. The Morgan fingerprint density at radius 3 is 2.70 bits per heavy atom. The van der Waals surface area contributed by atoms with E-state index in [1.807, 2.05) is 13.2 Å². The number of aromatic nitrogens is 3. The van der Waals surface area contributed by atoms with Crippen LogP contribution in [0.2, 0.25) is 0 Å². The highest BCUT2D eigenvalue weighted by Gasteiger charge is 2.03.